The molecule has 4 N–H and O–H groups in total. The van der Waals surface area contributed by atoms with Gasteiger partial charge in [0, 0.05) is 31.7 Å². The molecule has 66 valence electrons. The van der Waals surface area contributed by atoms with Gasteiger partial charge in [0.2, 0.25) is 0 Å². The standard InChI is InChI=1S/C8H19N3/c1-7-5-11(4-3-9)6-8(2)10-7/h7-8,10H,3-6,9H2,1-2H3/p+1. The molecule has 3 heteroatoms. The molecule has 1 aliphatic heterocycles. The van der Waals surface area contributed by atoms with Crippen LogP contribution in [0.3, 0.4) is 0 Å². The van der Waals surface area contributed by atoms with Crippen LogP contribution in [0.2, 0.25) is 0 Å². The molecule has 1 saturated heterocycles. The van der Waals surface area contributed by atoms with Crippen LogP contribution in [-0.2, 0) is 0 Å². The summed E-state index contributed by atoms with van der Waals surface area (Å²) in [5.74, 6) is 0. The van der Waals surface area contributed by atoms with E-state index in [-0.39, 0.29) is 0 Å². The minimum absolute atomic E-state index is 0.644. The Bertz CT molecular complexity index is 106. The molecule has 0 aliphatic carbocycles. The van der Waals surface area contributed by atoms with Gasteiger partial charge in [-0.3, -0.25) is 4.90 Å². The van der Waals surface area contributed by atoms with Crippen molar-refractivity contribution in [3.63, 3.8) is 0 Å². The third kappa shape index (κ3) is 2.77. The lowest BCUT2D eigenvalue weighted by molar-refractivity contribution is -0.369. The Morgan fingerprint density at radius 1 is 1.36 bits per heavy atom. The van der Waals surface area contributed by atoms with Crippen molar-refractivity contribution < 1.29 is 5.73 Å². The maximum absolute atomic E-state index is 3.87. The fourth-order valence-corrected chi connectivity index (χ4v) is 1.85. The van der Waals surface area contributed by atoms with Crippen molar-refractivity contribution in [2.24, 2.45) is 0 Å². The van der Waals surface area contributed by atoms with E-state index in [0.29, 0.717) is 12.1 Å². The van der Waals surface area contributed by atoms with Crippen LogP contribution < -0.4 is 11.1 Å². The number of nitrogens with one attached hydrogen (secondary N) is 1. The summed E-state index contributed by atoms with van der Waals surface area (Å²) in [5.41, 5.74) is 3.87. The summed E-state index contributed by atoms with van der Waals surface area (Å²) in [5, 5.41) is 3.51. The van der Waals surface area contributed by atoms with Crippen molar-refractivity contribution in [3.8, 4) is 0 Å². The van der Waals surface area contributed by atoms with Crippen LogP contribution in [0.15, 0.2) is 0 Å². The lowest BCUT2D eigenvalue weighted by Gasteiger charge is -2.35. The van der Waals surface area contributed by atoms with Crippen molar-refractivity contribution in [1.82, 2.24) is 10.2 Å². The van der Waals surface area contributed by atoms with Crippen molar-refractivity contribution >= 4 is 0 Å². The number of piperazine rings is 1. The van der Waals surface area contributed by atoms with Crippen LogP contribution >= 0.6 is 0 Å². The molecule has 0 radical (unpaired) electrons. The first kappa shape index (κ1) is 8.97. The van der Waals surface area contributed by atoms with Gasteiger partial charge in [-0.1, -0.05) is 0 Å². The largest absolute Gasteiger partial charge is 0.357 e. The van der Waals surface area contributed by atoms with Crippen LogP contribution in [0.4, 0.5) is 0 Å². The maximum atomic E-state index is 3.87. The van der Waals surface area contributed by atoms with Gasteiger partial charge in [-0.25, -0.2) is 0 Å². The molecule has 0 amide bonds. The highest BCUT2D eigenvalue weighted by molar-refractivity contribution is 4.80. The van der Waals surface area contributed by atoms with Crippen molar-refractivity contribution in [3.05, 3.63) is 0 Å². The Morgan fingerprint density at radius 2 is 1.91 bits per heavy atom. The van der Waals surface area contributed by atoms with E-state index in [4.69, 9.17) is 0 Å². The second-order valence-electron chi connectivity index (χ2n) is 3.58. The molecule has 1 aliphatic rings. The molecule has 0 aromatic rings. The summed E-state index contributed by atoms with van der Waals surface area (Å²) in [6, 6.07) is 1.29. The molecule has 0 saturated carbocycles. The number of nitrogens with zero attached hydrogens (tertiary/aromatic N) is 1. The molecule has 1 rings (SSSR count). The first-order valence-electron chi connectivity index (χ1n) is 4.50. The van der Waals surface area contributed by atoms with Gasteiger partial charge in [0.15, 0.2) is 0 Å². The van der Waals surface area contributed by atoms with E-state index in [2.05, 4.69) is 29.8 Å². The number of rotatable bonds is 2. The molecule has 0 aromatic heterocycles. The zero-order valence-corrected chi connectivity index (χ0v) is 7.64. The number of hydrogen-bond acceptors (Lipinski definition) is 2. The summed E-state index contributed by atoms with van der Waals surface area (Å²) < 4.78 is 0. The van der Waals surface area contributed by atoms with Crippen LogP contribution in [0.25, 0.3) is 0 Å². The molecule has 2 unspecified atom stereocenters. The van der Waals surface area contributed by atoms with Crippen molar-refractivity contribution in [1.29, 1.82) is 0 Å². The number of quaternary nitrogens is 1. The molecular formula is C8H20N3+. The van der Waals surface area contributed by atoms with Gasteiger partial charge in [0.1, 0.15) is 0 Å². The Morgan fingerprint density at radius 3 is 2.36 bits per heavy atom. The molecule has 0 aromatic carbocycles. The second kappa shape index (κ2) is 4.04. The molecule has 1 heterocycles. The highest BCUT2D eigenvalue weighted by Crippen LogP contribution is 2.01. The first-order chi connectivity index (χ1) is 5.22. The van der Waals surface area contributed by atoms with E-state index in [1.165, 1.54) is 13.1 Å². The van der Waals surface area contributed by atoms with Gasteiger partial charge in [-0.2, -0.15) is 0 Å². The van der Waals surface area contributed by atoms with E-state index in [0.717, 1.165) is 13.1 Å². The monoisotopic (exact) mass is 158 g/mol. The Hall–Kier alpha value is -0.120. The first-order valence-corrected chi connectivity index (χ1v) is 4.50. The third-order valence-electron chi connectivity index (χ3n) is 2.11. The van der Waals surface area contributed by atoms with Gasteiger partial charge >= 0.3 is 0 Å². The normalized spacial score (nSPS) is 34.1. The fourth-order valence-electron chi connectivity index (χ4n) is 1.85. The average molecular weight is 158 g/mol. The Labute approximate surface area is 68.9 Å². The summed E-state index contributed by atoms with van der Waals surface area (Å²) in [7, 11) is 0. The second-order valence-corrected chi connectivity index (χ2v) is 3.58. The topological polar surface area (TPSA) is 42.9 Å². The molecule has 1 fully saturated rings. The van der Waals surface area contributed by atoms with Crippen LogP contribution in [0.1, 0.15) is 13.8 Å². The summed E-state index contributed by atoms with van der Waals surface area (Å²) in [6.45, 7) is 9.02. The smallest absolute Gasteiger partial charge is 0.0869 e. The molecule has 11 heavy (non-hydrogen) atoms. The Balaban J connectivity index is 2.30. The minimum atomic E-state index is 0.644. The van der Waals surface area contributed by atoms with Gasteiger partial charge in [-0.05, 0) is 13.8 Å². The SMILES string of the molecule is CC1CN(CC[NH3+])CC(C)N1. The fraction of sp³-hybridized carbons (Fsp3) is 1.00. The van der Waals surface area contributed by atoms with Gasteiger partial charge < -0.3 is 11.1 Å². The molecular weight excluding hydrogens is 138 g/mol. The highest BCUT2D eigenvalue weighted by atomic mass is 15.2. The lowest BCUT2D eigenvalue weighted by atomic mass is 10.1. The molecule has 3 nitrogen and oxygen atoms in total. The van der Waals surface area contributed by atoms with Crippen LogP contribution in [0, 0.1) is 0 Å². The van der Waals surface area contributed by atoms with Crippen molar-refractivity contribution in [2.45, 2.75) is 25.9 Å². The molecule has 0 bridgehead atoms. The van der Waals surface area contributed by atoms with E-state index in [9.17, 15) is 0 Å². The van der Waals surface area contributed by atoms with Crippen LogP contribution in [0.5, 0.6) is 0 Å². The lowest BCUT2D eigenvalue weighted by Crippen LogP contribution is -2.60. The summed E-state index contributed by atoms with van der Waals surface area (Å²) >= 11 is 0. The zero-order valence-electron chi connectivity index (χ0n) is 7.64. The summed E-state index contributed by atoms with van der Waals surface area (Å²) in [6.07, 6.45) is 0. The predicted octanol–water partition coefficient (Wildman–Crippen LogP) is -1.09. The van der Waals surface area contributed by atoms with Crippen LogP contribution in [-0.4, -0.2) is 43.2 Å². The Kier molecular flexibility index (Phi) is 3.30. The predicted molar refractivity (Wildman–Crippen MR) is 46.3 cm³/mol. The average Bonchev–Trinajstić information content (AvgIpc) is 1.85. The highest BCUT2D eigenvalue weighted by Gasteiger charge is 2.19. The van der Waals surface area contributed by atoms with Crippen molar-refractivity contribution in [2.75, 3.05) is 26.2 Å². The third-order valence-corrected chi connectivity index (χ3v) is 2.11. The quantitative estimate of drug-likeness (QED) is 0.536. The van der Waals surface area contributed by atoms with Gasteiger partial charge in [-0.15, -0.1) is 0 Å². The van der Waals surface area contributed by atoms with Gasteiger partial charge in [0.05, 0.1) is 6.54 Å². The minimum Gasteiger partial charge on any atom is -0.357 e. The molecule has 2 atom stereocenters. The maximum Gasteiger partial charge on any atom is 0.0869 e. The molecule has 0 spiro atoms. The van der Waals surface area contributed by atoms with E-state index in [1.54, 1.807) is 0 Å². The van der Waals surface area contributed by atoms with E-state index in [1.807, 2.05) is 0 Å². The summed E-state index contributed by atoms with van der Waals surface area (Å²) in [4.78, 5) is 2.48. The van der Waals surface area contributed by atoms with Gasteiger partial charge in [0.25, 0.3) is 0 Å². The van der Waals surface area contributed by atoms with E-state index < -0.39 is 0 Å². The zero-order chi connectivity index (χ0) is 8.27. The number of hydrogen-bond donors (Lipinski definition) is 2. The van der Waals surface area contributed by atoms with E-state index >= 15 is 0 Å².